The number of anilines is 1. The maximum absolute atomic E-state index is 10.6. The first kappa shape index (κ1) is 20.0. The maximum atomic E-state index is 10.6. The molecule has 3 heterocycles. The first-order valence-corrected chi connectivity index (χ1v) is 8.71. The number of aromatic nitrogens is 5. The van der Waals surface area contributed by atoms with E-state index in [0.717, 1.165) is 22.9 Å². The molecule has 1 aliphatic heterocycles. The number of benzene rings is 1. The summed E-state index contributed by atoms with van der Waals surface area (Å²) in [5, 5.41) is 17.7. The number of imidazole rings is 1. The van der Waals surface area contributed by atoms with Crippen molar-refractivity contribution < 1.29 is 33.5 Å². The fraction of sp³-hybridized carbons (Fsp3) is 0.333. The van der Waals surface area contributed by atoms with E-state index >= 15 is 0 Å². The van der Waals surface area contributed by atoms with Crippen LogP contribution < -0.4 is 34.0 Å². The molecule has 3 aromatic rings. The number of carboxylic acid groups (broad SMARTS) is 1. The van der Waals surface area contributed by atoms with Crippen LogP contribution in [0.15, 0.2) is 30.7 Å². The number of aliphatic carboxylic acids is 1. The zero-order valence-corrected chi connectivity index (χ0v) is 16.0. The van der Waals surface area contributed by atoms with Crippen LogP contribution in [0.1, 0.15) is 19.9 Å². The van der Waals surface area contributed by atoms with E-state index in [0.29, 0.717) is 24.6 Å². The predicted octanol–water partition coefficient (Wildman–Crippen LogP) is -2.05. The van der Waals surface area contributed by atoms with Crippen LogP contribution >= 0.6 is 0 Å². The molecular weight excluding hydrogens is 355 g/mol. The van der Waals surface area contributed by atoms with Gasteiger partial charge in [-0.15, -0.1) is 0 Å². The summed E-state index contributed by atoms with van der Waals surface area (Å²) in [4.78, 5) is 19.8. The fourth-order valence-corrected chi connectivity index (χ4v) is 3.09. The zero-order chi connectivity index (χ0) is 19.0. The molecule has 140 valence electrons. The smallest absolute Gasteiger partial charge is 0.548 e. The molecule has 0 amide bonds. The van der Waals surface area contributed by atoms with Gasteiger partial charge in [0, 0.05) is 24.0 Å². The summed E-state index contributed by atoms with van der Waals surface area (Å²) in [6.45, 7) is 4.96. The number of rotatable bonds is 5. The van der Waals surface area contributed by atoms with E-state index in [1.165, 1.54) is 6.33 Å². The Balaban J connectivity index is 0.00000225. The van der Waals surface area contributed by atoms with Crippen molar-refractivity contribution in [3.8, 4) is 28.7 Å². The molecule has 0 aliphatic carbocycles. The number of fused-ring (bicyclic) bond motifs is 3. The summed E-state index contributed by atoms with van der Waals surface area (Å²) in [5.41, 5.74) is 2.24. The van der Waals surface area contributed by atoms with Crippen molar-refractivity contribution in [2.75, 3.05) is 18.5 Å². The SMILES string of the molecule is CC(C)n1ncnc1-c1cn2c(n1)-c1ccc(NCC(=O)[O-])cc1OCC2.[Li+]. The van der Waals surface area contributed by atoms with Crippen LogP contribution in [0.2, 0.25) is 0 Å². The molecule has 0 spiro atoms. The molecule has 0 radical (unpaired) electrons. The predicted molar refractivity (Wildman–Crippen MR) is 96.1 cm³/mol. The third-order valence-corrected chi connectivity index (χ3v) is 4.32. The Labute approximate surface area is 173 Å². The van der Waals surface area contributed by atoms with Crippen molar-refractivity contribution in [2.45, 2.75) is 26.4 Å². The molecule has 4 rings (SSSR count). The molecule has 0 bridgehead atoms. The van der Waals surface area contributed by atoms with Gasteiger partial charge in [-0.05, 0) is 26.0 Å². The molecule has 10 heteroatoms. The maximum Gasteiger partial charge on any atom is 1.00 e. The molecule has 0 saturated carbocycles. The van der Waals surface area contributed by atoms with Crippen LogP contribution in [-0.4, -0.2) is 43.4 Å². The average molecular weight is 374 g/mol. The Kier molecular flexibility index (Phi) is 5.77. The Morgan fingerprint density at radius 1 is 1.36 bits per heavy atom. The molecule has 9 nitrogen and oxygen atoms in total. The van der Waals surface area contributed by atoms with Crippen molar-refractivity contribution >= 4 is 11.7 Å². The molecular formula is C18H19LiN6O3. The second kappa shape index (κ2) is 8.08. The number of ether oxygens (including phenoxy) is 1. The summed E-state index contributed by atoms with van der Waals surface area (Å²) in [6, 6.07) is 5.62. The zero-order valence-electron chi connectivity index (χ0n) is 16.0. The number of hydrogen-bond acceptors (Lipinski definition) is 7. The number of hydrogen-bond donors (Lipinski definition) is 1. The molecule has 1 aromatic carbocycles. The van der Waals surface area contributed by atoms with Crippen molar-refractivity contribution in [2.24, 2.45) is 0 Å². The summed E-state index contributed by atoms with van der Waals surface area (Å²) in [7, 11) is 0. The van der Waals surface area contributed by atoms with E-state index in [4.69, 9.17) is 9.72 Å². The van der Waals surface area contributed by atoms with E-state index in [1.54, 1.807) is 12.1 Å². The molecule has 1 aliphatic rings. The number of nitrogens with one attached hydrogen (secondary N) is 1. The van der Waals surface area contributed by atoms with Crippen LogP contribution in [0.25, 0.3) is 22.9 Å². The molecule has 0 unspecified atom stereocenters. The van der Waals surface area contributed by atoms with Crippen molar-refractivity contribution in [3.05, 3.63) is 30.7 Å². The second-order valence-electron chi connectivity index (χ2n) is 6.55. The van der Waals surface area contributed by atoms with Crippen LogP contribution in [-0.2, 0) is 11.3 Å². The van der Waals surface area contributed by atoms with Gasteiger partial charge in [0.25, 0.3) is 0 Å². The van der Waals surface area contributed by atoms with Gasteiger partial charge in [-0.2, -0.15) is 5.10 Å². The Hall–Kier alpha value is -2.76. The minimum Gasteiger partial charge on any atom is -0.548 e. The summed E-state index contributed by atoms with van der Waals surface area (Å²) in [5.74, 6) is 0.988. The third kappa shape index (κ3) is 3.77. The Morgan fingerprint density at radius 2 is 2.18 bits per heavy atom. The van der Waals surface area contributed by atoms with E-state index in [-0.39, 0.29) is 31.4 Å². The topological polar surface area (TPSA) is 110 Å². The third-order valence-electron chi connectivity index (χ3n) is 4.32. The second-order valence-corrected chi connectivity index (χ2v) is 6.55. The van der Waals surface area contributed by atoms with Crippen LogP contribution in [0.5, 0.6) is 5.75 Å². The van der Waals surface area contributed by atoms with Gasteiger partial charge in [0.05, 0.1) is 24.6 Å². The first-order chi connectivity index (χ1) is 13.0. The van der Waals surface area contributed by atoms with E-state index in [9.17, 15) is 9.90 Å². The minimum absolute atomic E-state index is 0. The van der Waals surface area contributed by atoms with Crippen molar-refractivity contribution in [1.29, 1.82) is 0 Å². The van der Waals surface area contributed by atoms with E-state index in [1.807, 2.05) is 35.4 Å². The monoisotopic (exact) mass is 374 g/mol. The van der Waals surface area contributed by atoms with Crippen LogP contribution in [0, 0.1) is 0 Å². The van der Waals surface area contributed by atoms with Gasteiger partial charge in [0.1, 0.15) is 30.2 Å². The van der Waals surface area contributed by atoms with Crippen molar-refractivity contribution in [3.63, 3.8) is 0 Å². The van der Waals surface area contributed by atoms with Gasteiger partial charge in [-0.25, -0.2) is 14.6 Å². The summed E-state index contributed by atoms with van der Waals surface area (Å²) >= 11 is 0. The Bertz CT molecular complexity index is 997. The Morgan fingerprint density at radius 3 is 2.93 bits per heavy atom. The number of carbonyl (C=O) groups is 1. The number of nitrogens with zero attached hydrogens (tertiary/aromatic N) is 5. The van der Waals surface area contributed by atoms with E-state index in [2.05, 4.69) is 15.4 Å². The fourth-order valence-electron chi connectivity index (χ4n) is 3.09. The molecule has 1 N–H and O–H groups in total. The van der Waals surface area contributed by atoms with Gasteiger partial charge >= 0.3 is 18.9 Å². The quantitative estimate of drug-likeness (QED) is 0.512. The van der Waals surface area contributed by atoms with Gasteiger partial charge in [0.15, 0.2) is 5.82 Å². The molecule has 0 saturated heterocycles. The van der Waals surface area contributed by atoms with Gasteiger partial charge < -0.3 is 24.5 Å². The van der Waals surface area contributed by atoms with Crippen molar-refractivity contribution in [1.82, 2.24) is 24.3 Å². The molecule has 0 atom stereocenters. The normalized spacial score (nSPS) is 12.4. The van der Waals surface area contributed by atoms with Crippen LogP contribution in [0.3, 0.4) is 0 Å². The van der Waals surface area contributed by atoms with Gasteiger partial charge in [-0.1, -0.05) is 0 Å². The summed E-state index contributed by atoms with van der Waals surface area (Å²) in [6.07, 6.45) is 3.49. The largest absolute Gasteiger partial charge is 1.00 e. The standard InChI is InChI=1S/C18H20N6O3.Li/c1-11(2)24-18(20-10-21-24)14-9-23-5-6-27-15-7-12(19-8-16(25)26)3-4-13(15)17(23)22-14;/h3-4,7,9-11,19H,5-6,8H2,1-2H3,(H,25,26);/q;+1/p-1. The minimum atomic E-state index is -1.17. The van der Waals surface area contributed by atoms with Gasteiger partial charge in [-0.3, -0.25) is 0 Å². The molecule has 28 heavy (non-hydrogen) atoms. The molecule has 2 aromatic heterocycles. The summed E-state index contributed by atoms with van der Waals surface area (Å²) < 4.78 is 9.71. The van der Waals surface area contributed by atoms with E-state index < -0.39 is 5.97 Å². The number of carbonyl (C=O) groups excluding carboxylic acids is 1. The average Bonchev–Trinajstić information content (AvgIpc) is 3.24. The van der Waals surface area contributed by atoms with Crippen LogP contribution in [0.4, 0.5) is 5.69 Å². The molecule has 0 fully saturated rings. The first-order valence-electron chi connectivity index (χ1n) is 8.71. The van der Waals surface area contributed by atoms with Gasteiger partial charge in [0.2, 0.25) is 0 Å². The number of carboxylic acids is 1.